The number of nitrogens with two attached hydrogens (primary N) is 1. The van der Waals surface area contributed by atoms with Crippen LogP contribution < -0.4 is 5.73 Å². The molecule has 0 aliphatic carbocycles. The van der Waals surface area contributed by atoms with E-state index in [-0.39, 0.29) is 0 Å². The van der Waals surface area contributed by atoms with Gasteiger partial charge >= 0.3 is 5.97 Å². The molecule has 0 atom stereocenters. The summed E-state index contributed by atoms with van der Waals surface area (Å²) in [5.41, 5.74) is 14.6. The first-order chi connectivity index (χ1) is 18.5. The number of aryl methyl sites for hydroxylation is 2. The Hall–Kier alpha value is -3.60. The Kier molecular flexibility index (Phi) is 9.58. The predicted molar refractivity (Wildman–Crippen MR) is 156 cm³/mol. The number of hydrogen-bond donors (Lipinski definition) is 1. The summed E-state index contributed by atoms with van der Waals surface area (Å²) >= 11 is 0. The molecule has 4 rings (SSSR count). The number of methoxy groups -OCH3 is 1. The van der Waals surface area contributed by atoms with Crippen LogP contribution in [0.1, 0.15) is 86.7 Å². The van der Waals surface area contributed by atoms with Gasteiger partial charge in [0.1, 0.15) is 5.52 Å². The van der Waals surface area contributed by atoms with Crippen molar-refractivity contribution in [3.63, 3.8) is 0 Å². The number of nitrogen functional groups attached to an aromatic ring is 1. The van der Waals surface area contributed by atoms with Crippen molar-refractivity contribution >= 4 is 22.8 Å². The van der Waals surface area contributed by atoms with E-state index in [0.29, 0.717) is 28.2 Å². The second kappa shape index (κ2) is 13.3. The molecule has 5 heteroatoms. The monoisotopic (exact) mass is 512 g/mol. The first kappa shape index (κ1) is 27.4. The van der Waals surface area contributed by atoms with Crippen LogP contribution in [0.15, 0.2) is 59.0 Å². The number of fused-ring (bicyclic) bond motifs is 1. The zero-order chi connectivity index (χ0) is 26.9. The largest absolute Gasteiger partial charge is 0.465 e. The summed E-state index contributed by atoms with van der Waals surface area (Å²) < 4.78 is 11.0. The molecule has 0 amide bonds. The van der Waals surface area contributed by atoms with E-state index in [9.17, 15) is 4.79 Å². The van der Waals surface area contributed by atoms with Gasteiger partial charge in [-0.2, -0.15) is 0 Å². The lowest BCUT2D eigenvalue weighted by atomic mass is 9.91. The molecule has 0 fully saturated rings. The van der Waals surface area contributed by atoms with Crippen molar-refractivity contribution in [2.45, 2.75) is 78.1 Å². The number of hydrogen-bond acceptors (Lipinski definition) is 5. The number of carbonyl (C=O) groups is 1. The Balaban J connectivity index is 1.74. The topological polar surface area (TPSA) is 78.3 Å². The molecule has 1 heterocycles. The van der Waals surface area contributed by atoms with Crippen molar-refractivity contribution in [2.24, 2.45) is 0 Å². The lowest BCUT2D eigenvalue weighted by Crippen LogP contribution is -2.00. The Bertz CT molecular complexity index is 1340. The number of carbonyl (C=O) groups excluding carboxylic acids is 1. The van der Waals surface area contributed by atoms with Crippen molar-refractivity contribution in [1.29, 1.82) is 0 Å². The van der Waals surface area contributed by atoms with Crippen LogP contribution in [0.4, 0.5) is 5.69 Å². The maximum Gasteiger partial charge on any atom is 0.337 e. The molecule has 5 nitrogen and oxygen atoms in total. The first-order valence-corrected chi connectivity index (χ1v) is 14.0. The molecule has 0 spiro atoms. The van der Waals surface area contributed by atoms with E-state index >= 15 is 0 Å². The maximum absolute atomic E-state index is 12.0. The minimum atomic E-state index is -0.400. The van der Waals surface area contributed by atoms with Gasteiger partial charge in [0, 0.05) is 16.8 Å². The van der Waals surface area contributed by atoms with Gasteiger partial charge in [-0.3, -0.25) is 0 Å². The standard InChI is InChI=1S/C33H40N2O3/c1-4-6-8-10-13-23-19-24(14-11-9-7-5-2)21-26(20-23)31-27(15-12-16-28(31)34)32-35-29-22-25(33(36)37-3)17-18-30(29)38-32/h12,15-22H,4-11,13-14,34H2,1-3H3. The second-order valence-corrected chi connectivity index (χ2v) is 10.1. The molecule has 2 N–H and O–H groups in total. The molecule has 200 valence electrons. The highest BCUT2D eigenvalue weighted by Crippen LogP contribution is 2.38. The van der Waals surface area contributed by atoms with Crippen molar-refractivity contribution < 1.29 is 13.9 Å². The lowest BCUT2D eigenvalue weighted by Gasteiger charge is -2.15. The van der Waals surface area contributed by atoms with Crippen molar-refractivity contribution in [2.75, 3.05) is 12.8 Å². The molecular formula is C33H40N2O3. The van der Waals surface area contributed by atoms with Crippen LogP contribution in [0.3, 0.4) is 0 Å². The number of nitrogens with zero attached hydrogens (tertiary/aromatic N) is 1. The molecule has 0 aliphatic rings. The van der Waals surface area contributed by atoms with E-state index in [1.165, 1.54) is 69.6 Å². The zero-order valence-corrected chi connectivity index (χ0v) is 23.0. The molecule has 0 saturated carbocycles. The number of benzene rings is 3. The van der Waals surface area contributed by atoms with Gasteiger partial charge in [-0.05, 0) is 72.7 Å². The fraction of sp³-hybridized carbons (Fsp3) is 0.394. The summed E-state index contributed by atoms with van der Waals surface area (Å²) in [6.45, 7) is 4.49. The van der Waals surface area contributed by atoms with Crippen LogP contribution >= 0.6 is 0 Å². The maximum atomic E-state index is 12.0. The van der Waals surface area contributed by atoms with Gasteiger partial charge in [0.05, 0.1) is 12.7 Å². The van der Waals surface area contributed by atoms with Crippen molar-refractivity contribution in [3.05, 3.63) is 71.3 Å². The third-order valence-electron chi connectivity index (χ3n) is 7.12. The van der Waals surface area contributed by atoms with Crippen LogP contribution in [0.25, 0.3) is 33.7 Å². The summed E-state index contributed by atoms with van der Waals surface area (Å²) in [7, 11) is 1.37. The molecule has 0 bridgehead atoms. The Morgan fingerprint density at radius 2 is 1.55 bits per heavy atom. The number of unbranched alkanes of at least 4 members (excludes halogenated alkanes) is 6. The summed E-state index contributed by atoms with van der Waals surface area (Å²) in [6.07, 6.45) is 12.0. The van der Waals surface area contributed by atoms with Gasteiger partial charge < -0.3 is 14.9 Å². The third-order valence-corrected chi connectivity index (χ3v) is 7.12. The highest BCUT2D eigenvalue weighted by molar-refractivity contribution is 5.94. The van der Waals surface area contributed by atoms with E-state index in [1.807, 2.05) is 18.2 Å². The van der Waals surface area contributed by atoms with Crippen LogP contribution in [-0.4, -0.2) is 18.1 Å². The Morgan fingerprint density at radius 3 is 2.18 bits per heavy atom. The number of aromatic nitrogens is 1. The lowest BCUT2D eigenvalue weighted by molar-refractivity contribution is 0.0601. The molecule has 4 aromatic rings. The van der Waals surface area contributed by atoms with Crippen LogP contribution in [0, 0.1) is 0 Å². The normalized spacial score (nSPS) is 11.2. The van der Waals surface area contributed by atoms with Gasteiger partial charge in [0.2, 0.25) is 5.89 Å². The number of ether oxygens (including phenoxy) is 1. The van der Waals surface area contributed by atoms with Crippen molar-refractivity contribution in [1.82, 2.24) is 4.98 Å². The zero-order valence-electron chi connectivity index (χ0n) is 23.0. The fourth-order valence-corrected chi connectivity index (χ4v) is 5.07. The summed E-state index contributed by atoms with van der Waals surface area (Å²) in [4.78, 5) is 16.7. The molecule has 0 saturated heterocycles. The van der Waals surface area contributed by atoms with Crippen molar-refractivity contribution in [3.8, 4) is 22.6 Å². The molecule has 0 radical (unpaired) electrons. The number of anilines is 1. The van der Waals surface area contributed by atoms with Gasteiger partial charge in [-0.15, -0.1) is 0 Å². The highest BCUT2D eigenvalue weighted by Gasteiger charge is 2.18. The summed E-state index contributed by atoms with van der Waals surface area (Å²) in [5, 5.41) is 0. The van der Waals surface area contributed by atoms with E-state index in [1.54, 1.807) is 18.2 Å². The molecule has 3 aromatic carbocycles. The molecule has 0 aliphatic heterocycles. The molecule has 38 heavy (non-hydrogen) atoms. The minimum Gasteiger partial charge on any atom is -0.465 e. The average molecular weight is 513 g/mol. The average Bonchev–Trinajstić information content (AvgIpc) is 3.36. The minimum absolute atomic E-state index is 0.400. The Labute approximate surface area is 226 Å². The molecule has 0 unspecified atom stereocenters. The van der Waals surface area contributed by atoms with E-state index in [0.717, 1.165) is 29.5 Å². The summed E-state index contributed by atoms with van der Waals surface area (Å²) in [5.74, 6) is 0.0884. The van der Waals surface area contributed by atoms with Gasteiger partial charge in [-0.1, -0.05) is 76.6 Å². The molecular weight excluding hydrogens is 472 g/mol. The van der Waals surface area contributed by atoms with E-state index in [4.69, 9.17) is 19.9 Å². The fourth-order valence-electron chi connectivity index (χ4n) is 5.07. The number of oxazole rings is 1. The SMILES string of the molecule is CCCCCCc1cc(CCCCCC)cc(-c2c(N)cccc2-c2nc3cc(C(=O)OC)ccc3o2)c1. The predicted octanol–water partition coefficient (Wildman–Crippen LogP) is 8.78. The number of esters is 1. The first-order valence-electron chi connectivity index (χ1n) is 14.0. The smallest absolute Gasteiger partial charge is 0.337 e. The quantitative estimate of drug-likeness (QED) is 0.110. The second-order valence-electron chi connectivity index (χ2n) is 10.1. The van der Waals surface area contributed by atoms with E-state index < -0.39 is 5.97 Å². The number of rotatable bonds is 13. The molecule has 1 aromatic heterocycles. The van der Waals surface area contributed by atoms with Crippen LogP contribution in [0.5, 0.6) is 0 Å². The van der Waals surface area contributed by atoms with Crippen LogP contribution in [-0.2, 0) is 17.6 Å². The van der Waals surface area contributed by atoms with E-state index in [2.05, 4.69) is 32.0 Å². The highest BCUT2D eigenvalue weighted by atomic mass is 16.5. The van der Waals surface area contributed by atoms with Gasteiger partial charge in [0.25, 0.3) is 0 Å². The Morgan fingerprint density at radius 1 is 0.868 bits per heavy atom. The van der Waals surface area contributed by atoms with Gasteiger partial charge in [-0.25, -0.2) is 9.78 Å². The van der Waals surface area contributed by atoms with Gasteiger partial charge in [0.15, 0.2) is 5.58 Å². The summed E-state index contributed by atoms with van der Waals surface area (Å²) in [6, 6.07) is 18.0. The van der Waals surface area contributed by atoms with Crippen LogP contribution in [0.2, 0.25) is 0 Å². The third kappa shape index (κ3) is 6.63.